The topological polar surface area (TPSA) is 131 Å². The first-order valence-corrected chi connectivity index (χ1v) is 10.7. The molecule has 2 heterocycles. The number of cyclic esters (lactones) is 1. The molecule has 1 aromatic heterocycles. The highest BCUT2D eigenvalue weighted by molar-refractivity contribution is 5.90. The van der Waals surface area contributed by atoms with Gasteiger partial charge in [-0.1, -0.05) is 24.3 Å². The lowest BCUT2D eigenvalue weighted by molar-refractivity contribution is -0.119. The normalized spacial score (nSPS) is 14.9. The minimum absolute atomic E-state index is 0.0667. The van der Waals surface area contributed by atoms with Gasteiger partial charge in [0.2, 0.25) is 5.91 Å². The third-order valence-electron chi connectivity index (χ3n) is 5.08. The van der Waals surface area contributed by atoms with Gasteiger partial charge in [0.25, 0.3) is 0 Å². The van der Waals surface area contributed by atoms with Gasteiger partial charge in [-0.05, 0) is 35.7 Å². The van der Waals surface area contributed by atoms with Gasteiger partial charge in [0.1, 0.15) is 18.2 Å². The lowest BCUT2D eigenvalue weighted by atomic mass is 10.0. The number of carbonyl (C=O) groups excluding carboxylic acids is 2. The van der Waals surface area contributed by atoms with Crippen molar-refractivity contribution in [1.29, 1.82) is 0 Å². The summed E-state index contributed by atoms with van der Waals surface area (Å²) in [6.45, 7) is 2.37. The Morgan fingerprint density at radius 2 is 2.06 bits per heavy atom. The van der Waals surface area contributed by atoms with Crippen LogP contribution in [-0.2, 0) is 22.5 Å². The zero-order valence-corrected chi connectivity index (χ0v) is 18.7. The van der Waals surface area contributed by atoms with E-state index in [2.05, 4.69) is 14.7 Å². The van der Waals surface area contributed by atoms with Crippen LogP contribution in [0.2, 0.25) is 0 Å². The average Bonchev–Trinajstić information content (AvgIpc) is 3.48. The summed E-state index contributed by atoms with van der Waals surface area (Å²) in [6, 6.07) is 11.9. The van der Waals surface area contributed by atoms with Crippen LogP contribution in [0.25, 0.3) is 11.1 Å². The van der Waals surface area contributed by atoms with Crippen LogP contribution in [-0.4, -0.2) is 47.9 Å². The Morgan fingerprint density at radius 3 is 2.62 bits per heavy atom. The molecule has 4 rings (SSSR count). The van der Waals surface area contributed by atoms with Crippen molar-refractivity contribution in [3.8, 4) is 11.1 Å². The van der Waals surface area contributed by atoms with E-state index in [1.165, 1.54) is 30.5 Å². The largest absolute Gasteiger partial charge is 0.451 e. The number of hydrogen-bond acceptors (Lipinski definition) is 7. The number of aromatic nitrogens is 1. The minimum atomic E-state index is -0.564. The van der Waals surface area contributed by atoms with E-state index in [1.807, 2.05) is 12.1 Å². The van der Waals surface area contributed by atoms with E-state index >= 15 is 0 Å². The Hall–Kier alpha value is -3.76. The summed E-state index contributed by atoms with van der Waals surface area (Å²) in [5.41, 5.74) is 8.49. The number of carbonyl (C=O) groups is 2. The molecule has 3 aromatic rings. The van der Waals surface area contributed by atoms with Gasteiger partial charge in [0.05, 0.1) is 24.5 Å². The van der Waals surface area contributed by atoms with Crippen molar-refractivity contribution in [3.63, 3.8) is 0 Å². The van der Waals surface area contributed by atoms with Crippen molar-refractivity contribution in [2.75, 3.05) is 24.6 Å². The lowest BCUT2D eigenvalue weighted by Crippen LogP contribution is -2.33. The van der Waals surface area contributed by atoms with Crippen molar-refractivity contribution in [1.82, 2.24) is 10.3 Å². The molecule has 34 heavy (non-hydrogen) atoms. The second-order valence-corrected chi connectivity index (χ2v) is 7.57. The number of nitrogens with two attached hydrogens (primary N) is 1. The maximum Gasteiger partial charge on any atom is 0.414 e. The molecule has 0 aliphatic carbocycles. The molecule has 2 amide bonds. The number of amides is 2. The van der Waals surface area contributed by atoms with Gasteiger partial charge in [-0.25, -0.2) is 14.2 Å². The first kappa shape index (κ1) is 24.9. The number of nitrogens with zero attached hydrogens (tertiary/aromatic N) is 2. The van der Waals surface area contributed by atoms with Crippen LogP contribution >= 0.6 is 0 Å². The van der Waals surface area contributed by atoms with Crippen LogP contribution in [0.15, 0.2) is 59.5 Å². The molecule has 4 N–H and O–H groups in total. The predicted molar refractivity (Wildman–Crippen MR) is 123 cm³/mol. The van der Waals surface area contributed by atoms with Crippen molar-refractivity contribution >= 4 is 17.7 Å². The Morgan fingerprint density at radius 1 is 1.29 bits per heavy atom. The molecule has 1 aliphatic rings. The van der Waals surface area contributed by atoms with Crippen LogP contribution in [0.1, 0.15) is 18.2 Å². The van der Waals surface area contributed by atoms with Crippen LogP contribution < -0.4 is 16.0 Å². The van der Waals surface area contributed by atoms with Gasteiger partial charge in [0, 0.05) is 25.6 Å². The number of halogens is 1. The molecule has 1 unspecified atom stereocenters. The minimum Gasteiger partial charge on any atom is -0.451 e. The zero-order valence-electron chi connectivity index (χ0n) is 18.7. The van der Waals surface area contributed by atoms with E-state index in [9.17, 15) is 14.0 Å². The number of benzene rings is 2. The molecule has 0 spiro atoms. The maximum atomic E-state index is 14.6. The number of nitrogens with one attached hydrogen (secondary N) is 1. The molecule has 1 aliphatic heterocycles. The van der Waals surface area contributed by atoms with Gasteiger partial charge >= 0.3 is 6.09 Å². The van der Waals surface area contributed by atoms with Crippen molar-refractivity contribution in [2.24, 2.45) is 5.73 Å². The Bertz CT molecular complexity index is 1090. The number of hydrogen-bond donors (Lipinski definition) is 3. The van der Waals surface area contributed by atoms with Crippen LogP contribution in [0, 0.1) is 5.82 Å². The molecular weight excluding hydrogens is 443 g/mol. The fourth-order valence-corrected chi connectivity index (χ4v) is 3.32. The molecule has 2 aromatic carbocycles. The van der Waals surface area contributed by atoms with E-state index in [0.29, 0.717) is 29.8 Å². The van der Waals surface area contributed by atoms with E-state index < -0.39 is 18.0 Å². The van der Waals surface area contributed by atoms with E-state index in [4.69, 9.17) is 15.6 Å². The molecule has 180 valence electrons. The molecular formula is C24H27FN4O5. The van der Waals surface area contributed by atoms with E-state index in [-0.39, 0.29) is 25.6 Å². The number of rotatable bonds is 7. The van der Waals surface area contributed by atoms with Crippen molar-refractivity contribution in [3.05, 3.63) is 72.2 Å². The molecule has 1 fully saturated rings. The zero-order chi connectivity index (χ0) is 24.5. The van der Waals surface area contributed by atoms with E-state index in [1.54, 1.807) is 24.3 Å². The van der Waals surface area contributed by atoms with Gasteiger partial charge in [-0.15, -0.1) is 0 Å². The Labute approximate surface area is 196 Å². The highest BCUT2D eigenvalue weighted by atomic mass is 19.1. The monoisotopic (exact) mass is 470 g/mol. The predicted octanol–water partition coefficient (Wildman–Crippen LogP) is 2.62. The molecule has 0 saturated carbocycles. The third kappa shape index (κ3) is 6.63. The fourth-order valence-electron chi connectivity index (χ4n) is 3.32. The van der Waals surface area contributed by atoms with Crippen molar-refractivity contribution < 1.29 is 28.2 Å². The number of aliphatic hydroxyl groups is 1. The first-order valence-electron chi connectivity index (χ1n) is 10.7. The molecule has 0 radical (unpaired) electrons. The second-order valence-electron chi connectivity index (χ2n) is 7.57. The smallest absolute Gasteiger partial charge is 0.414 e. The molecule has 0 bridgehead atoms. The quantitative estimate of drug-likeness (QED) is 0.484. The van der Waals surface area contributed by atoms with E-state index in [0.717, 1.165) is 11.3 Å². The SMILES string of the molecule is CC(=O)NCC1CN(c2ccc(-c3ccc(CCO)cc3)c(F)c2)C(=O)O1.NCc1cocn1. The van der Waals surface area contributed by atoms with Gasteiger partial charge in [-0.3, -0.25) is 9.69 Å². The van der Waals surface area contributed by atoms with Gasteiger partial charge in [0.15, 0.2) is 6.39 Å². The van der Waals surface area contributed by atoms with Crippen LogP contribution in [0.3, 0.4) is 0 Å². The third-order valence-corrected chi connectivity index (χ3v) is 5.08. The molecule has 1 saturated heterocycles. The lowest BCUT2D eigenvalue weighted by Gasteiger charge is -2.14. The standard InChI is InChI=1S/C20H21FN2O4.C4H6N2O/c1-13(25)22-11-17-12-23(20(26)27-17)16-6-7-18(19(21)10-16)15-4-2-14(3-5-15)8-9-24;5-1-4-2-7-3-6-4/h2-7,10,17,24H,8-9,11-12H2,1H3,(H,22,25);2-3H,1,5H2. The first-order chi connectivity index (χ1) is 16.4. The maximum absolute atomic E-state index is 14.6. The summed E-state index contributed by atoms with van der Waals surface area (Å²) in [5.74, 6) is -0.648. The summed E-state index contributed by atoms with van der Waals surface area (Å²) in [6.07, 6.45) is 2.41. The average molecular weight is 471 g/mol. The number of aliphatic hydroxyl groups excluding tert-OH is 1. The summed E-state index contributed by atoms with van der Waals surface area (Å²) < 4.78 is 24.5. The number of oxazole rings is 1. The Kier molecular flexibility index (Phi) is 8.72. The Balaban J connectivity index is 0.000000396. The summed E-state index contributed by atoms with van der Waals surface area (Å²) in [7, 11) is 0. The second kappa shape index (κ2) is 11.9. The number of ether oxygens (including phenoxy) is 1. The van der Waals surface area contributed by atoms with Gasteiger partial charge in [-0.2, -0.15) is 0 Å². The number of anilines is 1. The van der Waals surface area contributed by atoms with Crippen LogP contribution in [0.4, 0.5) is 14.9 Å². The highest BCUT2D eigenvalue weighted by Crippen LogP contribution is 2.29. The summed E-state index contributed by atoms with van der Waals surface area (Å²) in [4.78, 5) is 28.1. The summed E-state index contributed by atoms with van der Waals surface area (Å²) in [5, 5.41) is 11.6. The van der Waals surface area contributed by atoms with Gasteiger partial charge < -0.3 is 25.3 Å². The fraction of sp³-hybridized carbons (Fsp3) is 0.292. The molecule has 9 nitrogen and oxygen atoms in total. The highest BCUT2D eigenvalue weighted by Gasteiger charge is 2.32. The summed E-state index contributed by atoms with van der Waals surface area (Å²) >= 11 is 0. The molecule has 10 heteroatoms. The molecule has 1 atom stereocenters. The van der Waals surface area contributed by atoms with Crippen LogP contribution in [0.5, 0.6) is 0 Å². The van der Waals surface area contributed by atoms with Crippen molar-refractivity contribution in [2.45, 2.75) is 26.0 Å².